The van der Waals surface area contributed by atoms with Crippen LogP contribution in [0.3, 0.4) is 0 Å². The van der Waals surface area contributed by atoms with Gasteiger partial charge >= 0.3 is 5.72 Å². The lowest BCUT2D eigenvalue weighted by atomic mass is 9.78. The summed E-state index contributed by atoms with van der Waals surface area (Å²) < 4.78 is 1.42. The average molecular weight is 463 g/mol. The maximum absolute atomic E-state index is 14.0. The van der Waals surface area contributed by atoms with E-state index in [-0.39, 0.29) is 5.78 Å². The van der Waals surface area contributed by atoms with Crippen LogP contribution in [-0.2, 0) is 10.6 Å². The van der Waals surface area contributed by atoms with Crippen molar-refractivity contribution in [3.05, 3.63) is 118 Å². The van der Waals surface area contributed by atoms with E-state index in [1.54, 1.807) is 48.5 Å². The Kier molecular flexibility index (Phi) is 5.25. The topological polar surface area (TPSA) is 69.4 Å². The Labute approximate surface area is 194 Å². The highest BCUT2D eigenvalue weighted by Gasteiger charge is 2.58. The number of carbonyl (C=O) groups excluding carboxylic acids is 1. The van der Waals surface area contributed by atoms with E-state index in [2.05, 4.69) is 15.2 Å². The van der Waals surface area contributed by atoms with Crippen molar-refractivity contribution in [2.75, 3.05) is 0 Å². The van der Waals surface area contributed by atoms with Crippen LogP contribution in [0.2, 0.25) is 10.0 Å². The lowest BCUT2D eigenvalue weighted by Crippen LogP contribution is -2.48. The molecular formula is C24H16Cl2N4O2. The molecule has 4 aromatic rings. The molecule has 0 saturated carbocycles. The van der Waals surface area contributed by atoms with Crippen molar-refractivity contribution >= 4 is 34.7 Å². The van der Waals surface area contributed by atoms with Gasteiger partial charge < -0.3 is 4.84 Å². The summed E-state index contributed by atoms with van der Waals surface area (Å²) in [5, 5.41) is 9.87. The van der Waals surface area contributed by atoms with E-state index >= 15 is 0 Å². The van der Waals surface area contributed by atoms with Gasteiger partial charge in [0.25, 0.3) is 0 Å². The molecular weight excluding hydrogens is 447 g/mol. The normalized spacial score (nSPS) is 19.9. The first-order valence-corrected chi connectivity index (χ1v) is 10.6. The molecule has 1 aliphatic heterocycles. The number of hydrogen-bond acceptors (Lipinski definition) is 5. The van der Waals surface area contributed by atoms with E-state index in [9.17, 15) is 4.79 Å². The average Bonchev–Trinajstić information content (AvgIpc) is 3.49. The molecule has 0 aliphatic carbocycles. The molecule has 0 N–H and O–H groups in total. The van der Waals surface area contributed by atoms with E-state index in [4.69, 9.17) is 28.0 Å². The number of Topliss-reactive ketones (excluding diaryl/α,β-unsaturated/α-hetero) is 1. The summed E-state index contributed by atoms with van der Waals surface area (Å²) in [6.07, 6.45) is 2.83. The van der Waals surface area contributed by atoms with Crippen molar-refractivity contribution in [3.8, 4) is 0 Å². The second kappa shape index (κ2) is 8.22. The quantitative estimate of drug-likeness (QED) is 0.375. The Morgan fingerprint density at radius 2 is 1.56 bits per heavy atom. The molecule has 1 aromatic heterocycles. The minimum absolute atomic E-state index is 0.295. The zero-order valence-electron chi connectivity index (χ0n) is 16.6. The van der Waals surface area contributed by atoms with Crippen LogP contribution < -0.4 is 0 Å². The van der Waals surface area contributed by atoms with E-state index in [1.165, 1.54) is 17.3 Å². The van der Waals surface area contributed by atoms with E-state index in [1.807, 2.05) is 30.3 Å². The van der Waals surface area contributed by atoms with Gasteiger partial charge in [0.05, 0.1) is 0 Å². The molecule has 158 valence electrons. The maximum Gasteiger partial charge on any atom is 0.305 e. The van der Waals surface area contributed by atoms with E-state index in [0.717, 1.165) is 11.1 Å². The largest absolute Gasteiger partial charge is 0.355 e. The van der Waals surface area contributed by atoms with Gasteiger partial charge in [-0.15, -0.1) is 0 Å². The number of hydrogen-bond donors (Lipinski definition) is 0. The summed E-state index contributed by atoms with van der Waals surface area (Å²) in [7, 11) is 0. The van der Waals surface area contributed by atoms with Crippen LogP contribution in [0.25, 0.3) is 0 Å². The minimum atomic E-state index is -1.61. The van der Waals surface area contributed by atoms with E-state index in [0.29, 0.717) is 21.3 Å². The summed E-state index contributed by atoms with van der Waals surface area (Å²) in [5.74, 6) is -0.924. The smallest absolute Gasteiger partial charge is 0.305 e. The Morgan fingerprint density at radius 1 is 0.906 bits per heavy atom. The molecule has 1 aliphatic rings. The number of rotatable bonds is 5. The standard InChI is InChI=1S/C24H16Cl2N4O2/c25-19-10-6-16(7-11-19)21-22(17-8-12-20(26)13-9-17)29-32-24(21,30-15-27-14-28-30)23(31)18-4-2-1-3-5-18/h1-15,21H. The molecule has 0 spiro atoms. The second-order valence-corrected chi connectivity index (χ2v) is 8.16. The van der Waals surface area contributed by atoms with Gasteiger partial charge in [-0.1, -0.05) is 83.0 Å². The molecule has 5 rings (SSSR count). The third-order valence-electron chi connectivity index (χ3n) is 5.41. The van der Waals surface area contributed by atoms with Crippen molar-refractivity contribution in [2.24, 2.45) is 5.16 Å². The maximum atomic E-state index is 14.0. The van der Waals surface area contributed by atoms with Gasteiger partial charge in [-0.2, -0.15) is 5.10 Å². The fraction of sp³-hybridized carbons (Fsp3) is 0.0833. The Morgan fingerprint density at radius 3 is 2.19 bits per heavy atom. The third-order valence-corrected chi connectivity index (χ3v) is 5.92. The number of ketones is 1. The SMILES string of the molecule is O=C(c1ccccc1)C1(n2cncn2)ON=C(c2ccc(Cl)cc2)C1c1ccc(Cl)cc1. The van der Waals surface area contributed by atoms with Crippen molar-refractivity contribution < 1.29 is 9.63 Å². The third kappa shape index (κ3) is 3.38. The number of carbonyl (C=O) groups is 1. The van der Waals surface area contributed by atoms with Gasteiger partial charge in [0.2, 0.25) is 5.78 Å². The number of nitrogens with zero attached hydrogens (tertiary/aromatic N) is 4. The highest BCUT2D eigenvalue weighted by atomic mass is 35.5. The van der Waals surface area contributed by atoms with Crippen LogP contribution in [0.5, 0.6) is 0 Å². The van der Waals surface area contributed by atoms with Gasteiger partial charge in [-0.05, 0) is 29.8 Å². The minimum Gasteiger partial charge on any atom is -0.355 e. The molecule has 32 heavy (non-hydrogen) atoms. The summed E-state index contributed by atoms with van der Waals surface area (Å²) in [6, 6.07) is 23.4. The molecule has 3 aromatic carbocycles. The molecule has 2 atom stereocenters. The second-order valence-electron chi connectivity index (χ2n) is 7.29. The number of oxime groups is 1. The lowest BCUT2D eigenvalue weighted by Gasteiger charge is -2.32. The molecule has 8 heteroatoms. The van der Waals surface area contributed by atoms with Gasteiger partial charge in [-0.3, -0.25) is 4.79 Å². The van der Waals surface area contributed by atoms with E-state index < -0.39 is 11.6 Å². The highest BCUT2D eigenvalue weighted by molar-refractivity contribution is 6.31. The molecule has 2 heterocycles. The van der Waals surface area contributed by atoms with Crippen LogP contribution in [-0.4, -0.2) is 26.3 Å². The molecule has 2 unspecified atom stereocenters. The fourth-order valence-corrected chi connectivity index (χ4v) is 4.17. The summed E-state index contributed by atoms with van der Waals surface area (Å²) in [6.45, 7) is 0. The van der Waals surface area contributed by atoms with Crippen molar-refractivity contribution in [2.45, 2.75) is 11.6 Å². The first kappa shape index (κ1) is 20.4. The predicted octanol–water partition coefficient (Wildman–Crippen LogP) is 5.34. The predicted molar refractivity (Wildman–Crippen MR) is 122 cm³/mol. The van der Waals surface area contributed by atoms with Crippen molar-refractivity contribution in [1.29, 1.82) is 0 Å². The number of aromatic nitrogens is 3. The summed E-state index contributed by atoms with van der Waals surface area (Å²) in [4.78, 5) is 24.1. The summed E-state index contributed by atoms with van der Waals surface area (Å²) in [5.41, 5.74) is 0.997. The van der Waals surface area contributed by atoms with Crippen LogP contribution in [0, 0.1) is 0 Å². The monoisotopic (exact) mass is 462 g/mol. The van der Waals surface area contributed by atoms with Gasteiger partial charge in [0.15, 0.2) is 0 Å². The Balaban J connectivity index is 1.74. The molecule has 0 radical (unpaired) electrons. The Hall–Kier alpha value is -3.48. The van der Waals surface area contributed by atoms with Gasteiger partial charge in [0, 0.05) is 21.2 Å². The van der Waals surface area contributed by atoms with Gasteiger partial charge in [-0.25, -0.2) is 9.67 Å². The number of halogens is 2. The lowest BCUT2D eigenvalue weighted by molar-refractivity contribution is -0.0711. The van der Waals surface area contributed by atoms with Crippen LogP contribution in [0.15, 0.2) is 96.7 Å². The van der Waals surface area contributed by atoms with Crippen LogP contribution in [0.4, 0.5) is 0 Å². The molecule has 6 nitrogen and oxygen atoms in total. The zero-order valence-corrected chi connectivity index (χ0v) is 18.1. The zero-order chi connectivity index (χ0) is 22.1. The fourth-order valence-electron chi connectivity index (χ4n) is 3.92. The van der Waals surface area contributed by atoms with Crippen molar-refractivity contribution in [3.63, 3.8) is 0 Å². The van der Waals surface area contributed by atoms with Crippen LogP contribution >= 0.6 is 23.2 Å². The number of benzene rings is 3. The van der Waals surface area contributed by atoms with Gasteiger partial charge in [0.1, 0.15) is 24.3 Å². The van der Waals surface area contributed by atoms with Crippen LogP contribution in [0.1, 0.15) is 27.4 Å². The molecule has 0 bridgehead atoms. The first-order chi connectivity index (χ1) is 15.6. The molecule has 0 amide bonds. The Bertz CT molecular complexity index is 1270. The first-order valence-electron chi connectivity index (χ1n) is 9.82. The molecule has 0 saturated heterocycles. The highest BCUT2D eigenvalue weighted by Crippen LogP contribution is 2.45. The summed E-state index contributed by atoms with van der Waals surface area (Å²) >= 11 is 12.2. The molecule has 0 fully saturated rings. The van der Waals surface area contributed by atoms with Crippen molar-refractivity contribution in [1.82, 2.24) is 14.8 Å².